The second-order valence-electron chi connectivity index (χ2n) is 2.22. The number of nitrogens with two attached hydrogens (primary N) is 1. The quantitative estimate of drug-likeness (QED) is 0.177. The normalized spacial score (nSPS) is 9.87. The smallest absolute Gasteiger partial charge is 0.303 e. The van der Waals surface area contributed by atoms with Gasteiger partial charge in [-0.1, -0.05) is 0 Å². The fourth-order valence-corrected chi connectivity index (χ4v) is 0.587. The first-order valence-electron chi connectivity index (χ1n) is 3.54. The number of aromatic nitrogens is 1. The number of rotatable bonds is 1. The van der Waals surface area contributed by atoms with Crippen LogP contribution in [-0.2, 0) is 4.57 Å². The lowest BCUT2D eigenvalue weighted by Crippen LogP contribution is -2.29. The molecule has 0 spiro atoms. The molecule has 0 radical (unpaired) electrons. The van der Waals surface area contributed by atoms with Gasteiger partial charge in [0.2, 0.25) is 0 Å². The van der Waals surface area contributed by atoms with Crippen LogP contribution in [0.2, 0.25) is 0 Å². The molecule has 15 heavy (non-hydrogen) atoms. The van der Waals surface area contributed by atoms with E-state index in [1.165, 1.54) is 12.4 Å². The van der Waals surface area contributed by atoms with Gasteiger partial charge in [-0.25, -0.2) is 10.4 Å². The highest BCUT2D eigenvalue weighted by Crippen LogP contribution is 2.25. The van der Waals surface area contributed by atoms with Crippen molar-refractivity contribution in [3.8, 4) is 0 Å². The van der Waals surface area contributed by atoms with Gasteiger partial charge >= 0.3 is 7.82 Å². The highest BCUT2D eigenvalue weighted by Gasteiger charge is 2.00. The van der Waals surface area contributed by atoms with Gasteiger partial charge in [0.1, 0.15) is 0 Å². The van der Waals surface area contributed by atoms with Crippen molar-refractivity contribution in [3.63, 3.8) is 0 Å². The highest BCUT2D eigenvalue weighted by atomic mass is 31.2. The molecule has 1 aromatic rings. The Morgan fingerprint density at radius 2 is 1.73 bits per heavy atom. The van der Waals surface area contributed by atoms with E-state index in [0.717, 1.165) is 0 Å². The van der Waals surface area contributed by atoms with Crippen LogP contribution < -0.4 is 11.3 Å². The predicted octanol–water partition coefficient (Wildman–Crippen LogP) is -1.24. The number of nitrogen functional groups attached to an aromatic ring is 1. The molecular weight excluding hydrogens is 225 g/mol. The number of nitrogens with zero attached hydrogens (tertiary/aromatic N) is 1. The summed E-state index contributed by atoms with van der Waals surface area (Å²) in [7, 11) is -4.64. The van der Waals surface area contributed by atoms with Crippen LogP contribution in [0.1, 0.15) is 10.4 Å². The van der Waals surface area contributed by atoms with E-state index in [2.05, 4.69) is 4.98 Å². The number of hydrazine groups is 1. The summed E-state index contributed by atoms with van der Waals surface area (Å²) in [6, 6.07) is 3.17. The molecule has 1 heterocycles. The topological polar surface area (TPSA) is 146 Å². The van der Waals surface area contributed by atoms with E-state index >= 15 is 0 Å². The summed E-state index contributed by atoms with van der Waals surface area (Å²) >= 11 is 0. The van der Waals surface area contributed by atoms with Crippen molar-refractivity contribution in [1.29, 1.82) is 0 Å². The van der Waals surface area contributed by atoms with E-state index in [0.29, 0.717) is 5.56 Å². The molecule has 0 atom stereocenters. The molecule has 0 bridgehead atoms. The maximum absolute atomic E-state index is 10.7. The Hall–Kier alpha value is -1.31. The second-order valence-corrected chi connectivity index (χ2v) is 3.25. The first kappa shape index (κ1) is 13.7. The summed E-state index contributed by atoms with van der Waals surface area (Å²) < 4.78 is 8.88. The summed E-state index contributed by atoms with van der Waals surface area (Å²) in [6.45, 7) is 0. The van der Waals surface area contributed by atoms with E-state index in [4.69, 9.17) is 25.1 Å². The van der Waals surface area contributed by atoms with Gasteiger partial charge in [0.25, 0.3) is 5.91 Å². The van der Waals surface area contributed by atoms with Crippen molar-refractivity contribution in [3.05, 3.63) is 30.1 Å². The number of amides is 1. The van der Waals surface area contributed by atoms with Crippen LogP contribution in [0.25, 0.3) is 0 Å². The molecule has 0 aliphatic heterocycles. The lowest BCUT2D eigenvalue weighted by Gasteiger charge is -1.95. The van der Waals surface area contributed by atoms with Gasteiger partial charge in [-0.15, -0.1) is 0 Å². The number of hydrogen-bond donors (Lipinski definition) is 5. The molecule has 0 aliphatic carbocycles. The summed E-state index contributed by atoms with van der Waals surface area (Å²) in [4.78, 5) is 36.1. The molecule has 0 fully saturated rings. The molecule has 0 saturated carbocycles. The Labute approximate surface area is 85.0 Å². The molecule has 6 N–H and O–H groups in total. The fraction of sp³-hybridized carbons (Fsp3) is 0. The van der Waals surface area contributed by atoms with Crippen LogP contribution >= 0.6 is 7.82 Å². The molecule has 0 saturated heterocycles. The molecule has 0 aromatic carbocycles. The standard InChI is InChI=1S/C6H7N3O.H3O4P/c7-9-6(10)5-1-3-8-4-2-5;1-5(2,3)4/h1-4H,7H2,(H,9,10);(H3,1,2,3,4). The van der Waals surface area contributed by atoms with Crippen LogP contribution in [0, 0.1) is 0 Å². The Balaban J connectivity index is 0.000000336. The molecular formula is C6H10N3O5P. The third-order valence-electron chi connectivity index (χ3n) is 1.07. The zero-order valence-electron chi connectivity index (χ0n) is 7.44. The molecule has 0 aliphatic rings. The third kappa shape index (κ3) is 9.01. The summed E-state index contributed by atoms with van der Waals surface area (Å²) in [5.74, 6) is 4.58. The number of nitrogens with one attached hydrogen (secondary N) is 1. The zero-order valence-corrected chi connectivity index (χ0v) is 8.33. The van der Waals surface area contributed by atoms with Crippen molar-refractivity contribution >= 4 is 13.7 Å². The molecule has 1 amide bonds. The molecule has 1 aromatic heterocycles. The summed E-state index contributed by atoms with van der Waals surface area (Å²) in [5, 5.41) is 0. The summed E-state index contributed by atoms with van der Waals surface area (Å²) in [6.07, 6.45) is 3.06. The number of carbonyl (C=O) groups excluding carboxylic acids is 1. The Morgan fingerprint density at radius 1 is 1.33 bits per heavy atom. The van der Waals surface area contributed by atoms with Crippen LogP contribution in [0.15, 0.2) is 24.5 Å². The minimum absolute atomic E-state index is 0.303. The van der Waals surface area contributed by atoms with Gasteiger partial charge in [-0.3, -0.25) is 15.2 Å². The lowest BCUT2D eigenvalue weighted by molar-refractivity contribution is 0.0953. The Bertz CT molecular complexity index is 343. The van der Waals surface area contributed by atoms with E-state index in [9.17, 15) is 4.79 Å². The number of hydrogen-bond acceptors (Lipinski definition) is 4. The lowest BCUT2D eigenvalue weighted by atomic mass is 10.3. The van der Waals surface area contributed by atoms with Crippen LogP contribution in [0.3, 0.4) is 0 Å². The van der Waals surface area contributed by atoms with Gasteiger partial charge in [0, 0.05) is 18.0 Å². The van der Waals surface area contributed by atoms with Crippen molar-refractivity contribution in [2.45, 2.75) is 0 Å². The van der Waals surface area contributed by atoms with Gasteiger partial charge in [-0.05, 0) is 12.1 Å². The SMILES string of the molecule is NNC(=O)c1ccncc1.O=P(O)(O)O. The van der Waals surface area contributed by atoms with Gasteiger partial charge in [-0.2, -0.15) is 0 Å². The molecule has 0 unspecified atom stereocenters. The van der Waals surface area contributed by atoms with Crippen LogP contribution in [0.4, 0.5) is 0 Å². The molecule has 8 nitrogen and oxygen atoms in total. The number of carbonyl (C=O) groups is 1. The van der Waals surface area contributed by atoms with Crippen molar-refractivity contribution in [2.75, 3.05) is 0 Å². The largest absolute Gasteiger partial charge is 0.466 e. The molecule has 9 heteroatoms. The first-order valence-corrected chi connectivity index (χ1v) is 5.10. The van der Waals surface area contributed by atoms with Crippen molar-refractivity contribution in [2.24, 2.45) is 5.84 Å². The van der Waals surface area contributed by atoms with Gasteiger partial charge < -0.3 is 14.7 Å². The molecule has 84 valence electrons. The first-order chi connectivity index (χ1) is 6.84. The fourth-order valence-electron chi connectivity index (χ4n) is 0.587. The Morgan fingerprint density at radius 3 is 2.07 bits per heavy atom. The van der Waals surface area contributed by atoms with E-state index in [1.807, 2.05) is 5.43 Å². The van der Waals surface area contributed by atoms with Gasteiger partial charge in [0.15, 0.2) is 0 Å². The average Bonchev–Trinajstić information content (AvgIpc) is 2.15. The maximum Gasteiger partial charge on any atom is 0.466 e. The average molecular weight is 235 g/mol. The minimum Gasteiger partial charge on any atom is -0.303 e. The van der Waals surface area contributed by atoms with Crippen LogP contribution in [0.5, 0.6) is 0 Å². The van der Waals surface area contributed by atoms with Gasteiger partial charge in [0.05, 0.1) is 0 Å². The maximum atomic E-state index is 10.7. The van der Waals surface area contributed by atoms with E-state index in [-0.39, 0.29) is 5.91 Å². The summed E-state index contributed by atoms with van der Waals surface area (Å²) in [5.41, 5.74) is 2.53. The second kappa shape index (κ2) is 6.23. The minimum atomic E-state index is -4.64. The monoisotopic (exact) mass is 235 g/mol. The third-order valence-corrected chi connectivity index (χ3v) is 1.07. The van der Waals surface area contributed by atoms with E-state index in [1.54, 1.807) is 12.1 Å². The number of phosphoric acid groups is 1. The van der Waals surface area contributed by atoms with E-state index < -0.39 is 7.82 Å². The zero-order chi connectivity index (χ0) is 11.9. The predicted molar refractivity (Wildman–Crippen MR) is 50.2 cm³/mol. The van der Waals surface area contributed by atoms with Crippen molar-refractivity contribution < 1.29 is 24.0 Å². The highest BCUT2D eigenvalue weighted by molar-refractivity contribution is 7.45. The van der Waals surface area contributed by atoms with Crippen molar-refractivity contribution in [1.82, 2.24) is 10.4 Å². The Kier molecular flexibility index (Phi) is 5.68. The van der Waals surface area contributed by atoms with Crippen LogP contribution in [-0.4, -0.2) is 25.6 Å². The number of pyridine rings is 1. The molecule has 1 rings (SSSR count).